The Bertz CT molecular complexity index is 696. The molecule has 0 radical (unpaired) electrons. The third-order valence-electron chi connectivity index (χ3n) is 4.29. The van der Waals surface area contributed by atoms with Crippen LogP contribution in [0.5, 0.6) is 0 Å². The van der Waals surface area contributed by atoms with Crippen LogP contribution in [0.15, 0.2) is 0 Å². The number of carboxylic acid groups (broad SMARTS) is 2. The molecular weight excluding hydrogens is 414 g/mol. The zero-order valence-corrected chi connectivity index (χ0v) is 17.7. The average molecular weight is 445 g/mol. The molecule has 9 N–H and O–H groups in total. The van der Waals surface area contributed by atoms with Gasteiger partial charge in [0.15, 0.2) is 0 Å². The molecule has 0 spiro atoms. The zero-order valence-electron chi connectivity index (χ0n) is 17.7. The summed E-state index contributed by atoms with van der Waals surface area (Å²) in [6.07, 6.45) is -0.900. The molecule has 0 heterocycles. The third-order valence-corrected chi connectivity index (χ3v) is 4.29. The Labute approximate surface area is 179 Å². The van der Waals surface area contributed by atoms with Crippen LogP contribution in [0.2, 0.25) is 0 Å². The van der Waals surface area contributed by atoms with Crippen molar-refractivity contribution >= 4 is 35.6 Å². The summed E-state index contributed by atoms with van der Waals surface area (Å²) in [6.45, 7) is 4.47. The molecular formula is C18H31N5O8. The van der Waals surface area contributed by atoms with Gasteiger partial charge in [-0.15, -0.1) is 0 Å². The molecule has 0 aromatic heterocycles. The van der Waals surface area contributed by atoms with Gasteiger partial charge in [0.2, 0.25) is 23.6 Å². The van der Waals surface area contributed by atoms with Crippen LogP contribution < -0.4 is 27.4 Å². The number of nitrogens with one attached hydrogen (secondary N) is 3. The molecule has 4 amide bonds. The van der Waals surface area contributed by atoms with Crippen LogP contribution in [0.4, 0.5) is 0 Å². The van der Waals surface area contributed by atoms with Crippen LogP contribution >= 0.6 is 0 Å². The minimum absolute atomic E-state index is 0.135. The molecule has 0 saturated heterocycles. The van der Waals surface area contributed by atoms with E-state index in [4.69, 9.17) is 21.7 Å². The normalized spacial score (nSPS) is 14.6. The van der Waals surface area contributed by atoms with Crippen LogP contribution in [0, 0.1) is 5.92 Å². The zero-order chi connectivity index (χ0) is 24.3. The van der Waals surface area contributed by atoms with Gasteiger partial charge in [-0.05, 0) is 25.7 Å². The van der Waals surface area contributed by atoms with Gasteiger partial charge in [0.05, 0.1) is 6.04 Å². The first kappa shape index (κ1) is 27.8. The van der Waals surface area contributed by atoms with E-state index in [1.54, 1.807) is 13.8 Å². The van der Waals surface area contributed by atoms with Gasteiger partial charge < -0.3 is 37.6 Å². The lowest BCUT2D eigenvalue weighted by Gasteiger charge is -2.26. The van der Waals surface area contributed by atoms with Crippen molar-refractivity contribution in [3.05, 3.63) is 0 Å². The second-order valence-corrected chi connectivity index (χ2v) is 7.40. The number of rotatable bonds is 14. The summed E-state index contributed by atoms with van der Waals surface area (Å²) in [7, 11) is 0. The molecule has 176 valence electrons. The molecule has 0 aromatic rings. The fourth-order valence-corrected chi connectivity index (χ4v) is 2.40. The number of primary amides is 1. The number of hydrogen-bond donors (Lipinski definition) is 7. The smallest absolute Gasteiger partial charge is 0.325 e. The predicted octanol–water partition coefficient (Wildman–Crippen LogP) is -2.34. The summed E-state index contributed by atoms with van der Waals surface area (Å²) in [4.78, 5) is 70.0. The SMILES string of the molecule is CC(NC(=O)C(CCC(N)=O)NC(=O)C(NC(=O)C(N)CCC(=O)O)C(C)C)C(=O)O. The Hall–Kier alpha value is -3.22. The van der Waals surface area contributed by atoms with Crippen molar-refractivity contribution in [2.75, 3.05) is 0 Å². The first-order valence-corrected chi connectivity index (χ1v) is 9.65. The molecule has 0 bridgehead atoms. The summed E-state index contributed by atoms with van der Waals surface area (Å²) in [6, 6.07) is -4.80. The van der Waals surface area contributed by atoms with Crippen LogP contribution in [0.1, 0.15) is 46.5 Å². The van der Waals surface area contributed by atoms with Gasteiger partial charge in [0, 0.05) is 12.8 Å². The maximum Gasteiger partial charge on any atom is 0.325 e. The lowest BCUT2D eigenvalue weighted by atomic mass is 10.0. The quantitative estimate of drug-likeness (QED) is 0.151. The number of carbonyl (C=O) groups excluding carboxylic acids is 4. The fraction of sp³-hybridized carbons (Fsp3) is 0.667. The largest absolute Gasteiger partial charge is 0.481 e. The Morgan fingerprint density at radius 3 is 1.84 bits per heavy atom. The van der Waals surface area contributed by atoms with Crippen LogP contribution in [-0.2, 0) is 28.8 Å². The van der Waals surface area contributed by atoms with Gasteiger partial charge in [-0.25, -0.2) is 0 Å². The minimum Gasteiger partial charge on any atom is -0.481 e. The van der Waals surface area contributed by atoms with Gasteiger partial charge in [-0.1, -0.05) is 13.8 Å². The predicted molar refractivity (Wildman–Crippen MR) is 107 cm³/mol. The topological polar surface area (TPSA) is 231 Å². The Kier molecular flexibility index (Phi) is 11.8. The molecule has 31 heavy (non-hydrogen) atoms. The molecule has 0 rings (SSSR count). The molecule has 4 atom stereocenters. The summed E-state index contributed by atoms with van der Waals surface area (Å²) in [5.74, 6) is -5.92. The number of carbonyl (C=O) groups is 6. The second kappa shape index (κ2) is 13.2. The highest BCUT2D eigenvalue weighted by Crippen LogP contribution is 2.06. The highest BCUT2D eigenvalue weighted by atomic mass is 16.4. The van der Waals surface area contributed by atoms with Gasteiger partial charge in [-0.2, -0.15) is 0 Å². The molecule has 0 aliphatic heterocycles. The van der Waals surface area contributed by atoms with Crippen LogP contribution in [0.25, 0.3) is 0 Å². The molecule has 0 aliphatic rings. The molecule has 13 nitrogen and oxygen atoms in total. The number of nitrogens with two attached hydrogens (primary N) is 2. The Morgan fingerprint density at radius 1 is 0.806 bits per heavy atom. The third kappa shape index (κ3) is 10.9. The van der Waals surface area contributed by atoms with E-state index in [1.807, 2.05) is 0 Å². The summed E-state index contributed by atoms with van der Waals surface area (Å²) < 4.78 is 0. The number of aliphatic carboxylic acids is 2. The number of carboxylic acids is 2. The Balaban J connectivity index is 5.29. The highest BCUT2D eigenvalue weighted by Gasteiger charge is 2.31. The summed E-state index contributed by atoms with van der Waals surface area (Å²) >= 11 is 0. The monoisotopic (exact) mass is 445 g/mol. The molecule has 4 unspecified atom stereocenters. The fourth-order valence-electron chi connectivity index (χ4n) is 2.40. The maximum absolute atomic E-state index is 12.7. The molecule has 0 aromatic carbocycles. The Morgan fingerprint density at radius 2 is 1.39 bits per heavy atom. The van der Waals surface area contributed by atoms with E-state index in [2.05, 4.69) is 16.0 Å². The molecule has 0 aliphatic carbocycles. The van der Waals surface area contributed by atoms with Gasteiger partial charge in [-0.3, -0.25) is 28.8 Å². The van der Waals surface area contributed by atoms with Crippen molar-refractivity contribution < 1.29 is 39.0 Å². The van der Waals surface area contributed by atoms with E-state index < -0.39 is 65.7 Å². The molecule has 0 fully saturated rings. The van der Waals surface area contributed by atoms with E-state index in [1.165, 1.54) is 6.92 Å². The van der Waals surface area contributed by atoms with Crippen molar-refractivity contribution in [3.8, 4) is 0 Å². The minimum atomic E-state index is -1.30. The maximum atomic E-state index is 12.7. The summed E-state index contributed by atoms with van der Waals surface area (Å²) in [5.41, 5.74) is 10.7. The van der Waals surface area contributed by atoms with E-state index in [0.29, 0.717) is 0 Å². The van der Waals surface area contributed by atoms with Gasteiger partial charge in [0.25, 0.3) is 0 Å². The van der Waals surface area contributed by atoms with Crippen LogP contribution in [0.3, 0.4) is 0 Å². The average Bonchev–Trinajstić information content (AvgIpc) is 2.65. The first-order valence-electron chi connectivity index (χ1n) is 9.65. The number of hydrogen-bond acceptors (Lipinski definition) is 7. The van der Waals surface area contributed by atoms with Crippen molar-refractivity contribution in [3.63, 3.8) is 0 Å². The van der Waals surface area contributed by atoms with Crippen LogP contribution in [-0.4, -0.2) is 69.9 Å². The highest BCUT2D eigenvalue weighted by molar-refractivity contribution is 5.94. The van der Waals surface area contributed by atoms with Gasteiger partial charge in [0.1, 0.15) is 18.1 Å². The van der Waals surface area contributed by atoms with Crippen molar-refractivity contribution in [2.45, 2.75) is 70.6 Å². The van der Waals surface area contributed by atoms with Gasteiger partial charge >= 0.3 is 11.9 Å². The van der Waals surface area contributed by atoms with Crippen molar-refractivity contribution in [1.82, 2.24) is 16.0 Å². The van der Waals surface area contributed by atoms with E-state index in [-0.39, 0.29) is 25.7 Å². The lowest BCUT2D eigenvalue weighted by molar-refractivity contribution is -0.142. The second-order valence-electron chi connectivity index (χ2n) is 7.40. The standard InChI is InChI=1S/C18H31N5O8/c1-8(2)14(23-15(27)10(19)4-7-13(25)26)17(29)22-11(5-6-12(20)24)16(28)21-9(3)18(30)31/h8-11,14H,4-7,19H2,1-3H3,(H2,20,24)(H,21,28)(H,22,29)(H,23,27)(H,25,26)(H,30,31). The number of amides is 4. The molecule has 0 saturated carbocycles. The van der Waals surface area contributed by atoms with E-state index >= 15 is 0 Å². The van der Waals surface area contributed by atoms with E-state index in [9.17, 15) is 28.8 Å². The van der Waals surface area contributed by atoms with Crippen molar-refractivity contribution in [1.29, 1.82) is 0 Å². The van der Waals surface area contributed by atoms with Crippen molar-refractivity contribution in [2.24, 2.45) is 17.4 Å². The first-order chi connectivity index (χ1) is 14.3. The molecule has 13 heteroatoms. The lowest BCUT2D eigenvalue weighted by Crippen LogP contribution is -2.58. The van der Waals surface area contributed by atoms with E-state index in [0.717, 1.165) is 0 Å². The summed E-state index contributed by atoms with van der Waals surface area (Å²) in [5, 5.41) is 24.6.